The summed E-state index contributed by atoms with van der Waals surface area (Å²) in [6.07, 6.45) is 0. The maximum absolute atomic E-state index is 12.5. The monoisotopic (exact) mass is 373 g/mol. The zero-order chi connectivity index (χ0) is 18.7. The van der Waals surface area contributed by atoms with Crippen molar-refractivity contribution in [2.75, 3.05) is 43.9 Å². The van der Waals surface area contributed by atoms with E-state index >= 15 is 0 Å². The topological polar surface area (TPSA) is 85.8 Å². The van der Waals surface area contributed by atoms with Crippen LogP contribution in [0.5, 0.6) is 0 Å². The van der Waals surface area contributed by atoms with Gasteiger partial charge in [-0.05, 0) is 12.1 Å². The maximum Gasteiger partial charge on any atom is 0.326 e. The molecule has 0 unspecified atom stereocenters. The number of anilines is 2. The summed E-state index contributed by atoms with van der Waals surface area (Å²) in [4.78, 5) is 45.3. The summed E-state index contributed by atoms with van der Waals surface area (Å²) in [5.74, 6) is -0.466. The molecule has 1 aromatic heterocycles. The quantitative estimate of drug-likeness (QED) is 0.865. The molecule has 2 heterocycles. The third kappa shape index (κ3) is 3.83. The van der Waals surface area contributed by atoms with Crippen molar-refractivity contribution in [1.82, 2.24) is 14.8 Å². The Morgan fingerprint density at radius 1 is 1.23 bits per heavy atom. The molecular formula is C17H19N5O3S. The lowest BCUT2D eigenvalue weighted by atomic mass is 10.3. The van der Waals surface area contributed by atoms with Crippen LogP contribution in [0.2, 0.25) is 0 Å². The van der Waals surface area contributed by atoms with E-state index in [0.717, 1.165) is 0 Å². The van der Waals surface area contributed by atoms with Crippen molar-refractivity contribution >= 4 is 40.0 Å². The van der Waals surface area contributed by atoms with Gasteiger partial charge in [-0.1, -0.05) is 18.2 Å². The number of nitrogens with one attached hydrogen (secondary N) is 1. The van der Waals surface area contributed by atoms with E-state index in [9.17, 15) is 14.4 Å². The van der Waals surface area contributed by atoms with E-state index in [1.807, 2.05) is 18.2 Å². The van der Waals surface area contributed by atoms with Crippen molar-refractivity contribution in [2.24, 2.45) is 0 Å². The zero-order valence-electron chi connectivity index (χ0n) is 14.5. The fourth-order valence-electron chi connectivity index (χ4n) is 2.42. The minimum absolute atomic E-state index is 0.0368. The van der Waals surface area contributed by atoms with E-state index in [0.29, 0.717) is 23.9 Å². The molecule has 0 bridgehead atoms. The van der Waals surface area contributed by atoms with Gasteiger partial charge in [-0.2, -0.15) is 0 Å². The Bertz CT molecular complexity index is 821. The second-order valence-corrected chi connectivity index (χ2v) is 6.82. The molecule has 3 rings (SSSR count). The van der Waals surface area contributed by atoms with Crippen molar-refractivity contribution in [3.8, 4) is 0 Å². The lowest BCUT2D eigenvalue weighted by Gasteiger charge is -2.18. The number of para-hydroxylation sites is 1. The highest BCUT2D eigenvalue weighted by molar-refractivity contribution is 7.14. The van der Waals surface area contributed by atoms with Crippen LogP contribution in [-0.4, -0.2) is 66.4 Å². The maximum atomic E-state index is 12.5. The van der Waals surface area contributed by atoms with Gasteiger partial charge >= 0.3 is 6.03 Å². The highest BCUT2D eigenvalue weighted by atomic mass is 32.1. The number of rotatable bonds is 5. The minimum Gasteiger partial charge on any atom is -0.347 e. The Hall–Kier alpha value is -2.94. The van der Waals surface area contributed by atoms with Gasteiger partial charge in [-0.3, -0.25) is 14.5 Å². The van der Waals surface area contributed by atoms with Gasteiger partial charge < -0.3 is 15.1 Å². The molecule has 9 heteroatoms. The number of carbonyl (C=O) groups excluding carboxylic acids is 3. The van der Waals surface area contributed by atoms with Crippen LogP contribution < -0.4 is 10.2 Å². The largest absolute Gasteiger partial charge is 0.347 e. The molecule has 0 spiro atoms. The van der Waals surface area contributed by atoms with E-state index < -0.39 is 0 Å². The van der Waals surface area contributed by atoms with Crippen molar-refractivity contribution in [3.05, 3.63) is 41.4 Å². The summed E-state index contributed by atoms with van der Waals surface area (Å²) in [7, 11) is 3.30. The van der Waals surface area contributed by atoms with Crippen LogP contribution in [0.3, 0.4) is 0 Å². The van der Waals surface area contributed by atoms with Crippen molar-refractivity contribution in [3.63, 3.8) is 0 Å². The number of thiazole rings is 1. The van der Waals surface area contributed by atoms with Crippen LogP contribution in [0.25, 0.3) is 0 Å². The van der Waals surface area contributed by atoms with Crippen molar-refractivity contribution in [2.45, 2.75) is 0 Å². The number of likely N-dealkylation sites (N-methyl/N-ethyl adjacent to an activating group) is 1. The van der Waals surface area contributed by atoms with Crippen LogP contribution in [0.4, 0.5) is 15.6 Å². The van der Waals surface area contributed by atoms with Crippen molar-refractivity contribution < 1.29 is 14.4 Å². The standard InChI is InChI=1S/C17H19N5O3S/c1-20(2)14(23)10-21-8-9-22(17(21)25)16-19-13(11-26-16)15(24)18-12-6-4-3-5-7-12/h3-7,11H,8-10H2,1-2H3,(H,18,24). The molecule has 1 N–H and O–H groups in total. The molecular weight excluding hydrogens is 354 g/mol. The fraction of sp³-hybridized carbons (Fsp3) is 0.294. The molecule has 0 radical (unpaired) electrons. The fourth-order valence-corrected chi connectivity index (χ4v) is 3.25. The summed E-state index contributed by atoms with van der Waals surface area (Å²) in [5, 5.41) is 4.83. The summed E-state index contributed by atoms with van der Waals surface area (Å²) in [6.45, 7) is 0.922. The number of benzene rings is 1. The molecule has 26 heavy (non-hydrogen) atoms. The van der Waals surface area contributed by atoms with E-state index in [2.05, 4.69) is 10.3 Å². The number of hydrogen-bond acceptors (Lipinski definition) is 5. The van der Waals surface area contributed by atoms with Crippen LogP contribution in [-0.2, 0) is 4.79 Å². The lowest BCUT2D eigenvalue weighted by Crippen LogP contribution is -2.39. The molecule has 1 aliphatic rings. The molecule has 2 aromatic rings. The van der Waals surface area contributed by atoms with Gasteiger partial charge in [-0.25, -0.2) is 9.78 Å². The summed E-state index contributed by atoms with van der Waals surface area (Å²) in [5.41, 5.74) is 0.933. The Kier molecular flexibility index (Phi) is 5.17. The Balaban J connectivity index is 1.65. The first-order chi connectivity index (χ1) is 12.5. The van der Waals surface area contributed by atoms with Gasteiger partial charge in [0.1, 0.15) is 12.2 Å². The van der Waals surface area contributed by atoms with Gasteiger partial charge in [0.2, 0.25) is 5.91 Å². The number of carbonyl (C=O) groups is 3. The van der Waals surface area contributed by atoms with Gasteiger partial charge in [0.15, 0.2) is 5.13 Å². The second kappa shape index (κ2) is 7.52. The van der Waals surface area contributed by atoms with Gasteiger partial charge in [0, 0.05) is 38.3 Å². The molecule has 1 aromatic carbocycles. The summed E-state index contributed by atoms with van der Waals surface area (Å²) in [6, 6.07) is 8.82. The molecule has 1 saturated heterocycles. The molecule has 8 nitrogen and oxygen atoms in total. The van der Waals surface area contributed by atoms with Crippen LogP contribution in [0, 0.1) is 0 Å². The average molecular weight is 373 g/mol. The summed E-state index contributed by atoms with van der Waals surface area (Å²) < 4.78 is 0. The van der Waals surface area contributed by atoms with E-state index in [1.54, 1.807) is 31.6 Å². The second-order valence-electron chi connectivity index (χ2n) is 5.98. The molecule has 0 atom stereocenters. The number of aromatic nitrogens is 1. The van der Waals surface area contributed by atoms with Gasteiger partial charge in [-0.15, -0.1) is 11.3 Å². The molecule has 136 valence electrons. The third-order valence-electron chi connectivity index (χ3n) is 3.91. The highest BCUT2D eigenvalue weighted by Gasteiger charge is 2.33. The molecule has 0 saturated carbocycles. The molecule has 4 amide bonds. The summed E-state index contributed by atoms with van der Waals surface area (Å²) >= 11 is 1.23. The van der Waals surface area contributed by atoms with Crippen LogP contribution in [0.15, 0.2) is 35.7 Å². The number of urea groups is 1. The van der Waals surface area contributed by atoms with Crippen LogP contribution >= 0.6 is 11.3 Å². The number of amides is 4. The Labute approximate surface area is 155 Å². The Morgan fingerprint density at radius 2 is 1.96 bits per heavy atom. The third-order valence-corrected chi connectivity index (χ3v) is 4.77. The van der Waals surface area contributed by atoms with E-state index in [1.165, 1.54) is 26.0 Å². The van der Waals surface area contributed by atoms with E-state index in [-0.39, 0.29) is 30.1 Å². The molecule has 1 fully saturated rings. The highest BCUT2D eigenvalue weighted by Crippen LogP contribution is 2.25. The normalized spacial score (nSPS) is 13.8. The average Bonchev–Trinajstić information content (AvgIpc) is 3.23. The first-order valence-electron chi connectivity index (χ1n) is 8.04. The van der Waals surface area contributed by atoms with Gasteiger partial charge in [0.25, 0.3) is 5.91 Å². The first kappa shape index (κ1) is 17.9. The van der Waals surface area contributed by atoms with Crippen LogP contribution in [0.1, 0.15) is 10.5 Å². The first-order valence-corrected chi connectivity index (χ1v) is 8.92. The predicted octanol–water partition coefficient (Wildman–Crippen LogP) is 1.73. The predicted molar refractivity (Wildman–Crippen MR) is 99.5 cm³/mol. The minimum atomic E-state index is -0.329. The molecule has 1 aliphatic heterocycles. The number of nitrogens with zero attached hydrogens (tertiary/aromatic N) is 4. The Morgan fingerprint density at radius 3 is 2.65 bits per heavy atom. The van der Waals surface area contributed by atoms with Crippen molar-refractivity contribution in [1.29, 1.82) is 0 Å². The smallest absolute Gasteiger partial charge is 0.326 e. The SMILES string of the molecule is CN(C)C(=O)CN1CCN(c2nc(C(=O)Nc3ccccc3)cs2)C1=O. The van der Waals surface area contributed by atoms with Gasteiger partial charge in [0.05, 0.1) is 0 Å². The number of hydrogen-bond donors (Lipinski definition) is 1. The lowest BCUT2D eigenvalue weighted by molar-refractivity contribution is -0.129. The molecule has 0 aliphatic carbocycles. The van der Waals surface area contributed by atoms with E-state index in [4.69, 9.17) is 0 Å². The zero-order valence-corrected chi connectivity index (χ0v) is 15.3.